The molecule has 0 heterocycles. The SMILES string of the molecule is C[C@@H](Sc1ccc([N+](=O)[O-])cc1)C(=O)NOCc1ccccc1. The molecule has 0 saturated carbocycles. The van der Waals surface area contributed by atoms with Gasteiger partial charge in [0.15, 0.2) is 0 Å². The van der Waals surface area contributed by atoms with Gasteiger partial charge < -0.3 is 0 Å². The third-order valence-corrected chi connectivity index (χ3v) is 4.10. The zero-order valence-electron chi connectivity index (χ0n) is 12.5. The predicted octanol–water partition coefficient (Wildman–Crippen LogP) is 3.32. The Hall–Kier alpha value is -2.38. The van der Waals surface area contributed by atoms with Gasteiger partial charge in [-0.15, -0.1) is 11.8 Å². The van der Waals surface area contributed by atoms with Crippen LogP contribution in [0.5, 0.6) is 0 Å². The summed E-state index contributed by atoms with van der Waals surface area (Å²) in [5, 5.41) is 10.2. The molecule has 120 valence electrons. The number of hydrogen-bond acceptors (Lipinski definition) is 5. The van der Waals surface area contributed by atoms with Crippen molar-refractivity contribution in [1.29, 1.82) is 0 Å². The molecule has 0 aliphatic rings. The number of hydroxylamine groups is 1. The van der Waals surface area contributed by atoms with E-state index in [1.54, 1.807) is 19.1 Å². The third-order valence-electron chi connectivity index (χ3n) is 2.98. The first kappa shape index (κ1) is 17.0. The predicted molar refractivity (Wildman–Crippen MR) is 87.8 cm³/mol. The van der Waals surface area contributed by atoms with Crippen LogP contribution >= 0.6 is 11.8 Å². The zero-order valence-corrected chi connectivity index (χ0v) is 13.3. The fourth-order valence-corrected chi connectivity index (χ4v) is 2.61. The number of rotatable bonds is 7. The smallest absolute Gasteiger partial charge is 0.269 e. The first-order chi connectivity index (χ1) is 11.1. The second kappa shape index (κ2) is 8.30. The maximum absolute atomic E-state index is 11.9. The zero-order chi connectivity index (χ0) is 16.7. The van der Waals surface area contributed by atoms with E-state index in [1.807, 2.05) is 30.3 Å². The van der Waals surface area contributed by atoms with Crippen LogP contribution in [-0.2, 0) is 16.2 Å². The fourth-order valence-electron chi connectivity index (χ4n) is 1.75. The van der Waals surface area contributed by atoms with E-state index in [0.717, 1.165) is 10.5 Å². The number of amides is 1. The molecule has 0 aliphatic heterocycles. The highest BCUT2D eigenvalue weighted by Gasteiger charge is 2.15. The number of carbonyl (C=O) groups is 1. The van der Waals surface area contributed by atoms with Crippen LogP contribution in [0.4, 0.5) is 5.69 Å². The Morgan fingerprint density at radius 2 is 1.87 bits per heavy atom. The Labute approximate surface area is 138 Å². The number of nitrogens with zero attached hydrogens (tertiary/aromatic N) is 1. The lowest BCUT2D eigenvalue weighted by Crippen LogP contribution is -2.30. The summed E-state index contributed by atoms with van der Waals surface area (Å²) in [5.74, 6) is -0.260. The quantitative estimate of drug-likeness (QED) is 0.478. The normalized spacial score (nSPS) is 11.7. The summed E-state index contributed by atoms with van der Waals surface area (Å²) in [6, 6.07) is 15.6. The minimum Gasteiger partial charge on any atom is -0.272 e. The number of nitro benzene ring substituents is 1. The summed E-state index contributed by atoms with van der Waals surface area (Å²) in [5.41, 5.74) is 3.40. The van der Waals surface area contributed by atoms with Gasteiger partial charge in [-0.05, 0) is 24.6 Å². The minimum atomic E-state index is -0.456. The highest BCUT2D eigenvalue weighted by molar-refractivity contribution is 8.00. The van der Waals surface area contributed by atoms with Crippen molar-refractivity contribution in [2.75, 3.05) is 0 Å². The summed E-state index contributed by atoms with van der Waals surface area (Å²) >= 11 is 1.30. The highest BCUT2D eigenvalue weighted by Crippen LogP contribution is 2.25. The molecule has 0 spiro atoms. The Kier molecular flexibility index (Phi) is 6.13. The van der Waals surface area contributed by atoms with Crippen molar-refractivity contribution in [3.63, 3.8) is 0 Å². The van der Waals surface area contributed by atoms with Crippen molar-refractivity contribution >= 4 is 23.4 Å². The van der Waals surface area contributed by atoms with Gasteiger partial charge in [0.05, 0.1) is 16.8 Å². The molecule has 1 atom stereocenters. The fraction of sp³-hybridized carbons (Fsp3) is 0.188. The van der Waals surface area contributed by atoms with Gasteiger partial charge in [-0.3, -0.25) is 19.7 Å². The number of thioether (sulfide) groups is 1. The Morgan fingerprint density at radius 3 is 2.48 bits per heavy atom. The van der Waals surface area contributed by atoms with Crippen LogP contribution in [0.2, 0.25) is 0 Å². The van der Waals surface area contributed by atoms with E-state index in [-0.39, 0.29) is 16.8 Å². The van der Waals surface area contributed by atoms with Gasteiger partial charge in [0.25, 0.3) is 11.6 Å². The molecule has 0 aromatic heterocycles. The lowest BCUT2D eigenvalue weighted by Gasteiger charge is -2.12. The summed E-state index contributed by atoms with van der Waals surface area (Å²) in [6.45, 7) is 2.04. The molecule has 1 N–H and O–H groups in total. The number of nitrogens with one attached hydrogen (secondary N) is 1. The summed E-state index contributed by atoms with van der Waals surface area (Å²) in [6.07, 6.45) is 0. The van der Waals surface area contributed by atoms with Crippen LogP contribution < -0.4 is 5.48 Å². The average Bonchev–Trinajstić information content (AvgIpc) is 2.56. The molecular formula is C16H16N2O4S. The van der Waals surface area contributed by atoms with Crippen LogP contribution in [0.3, 0.4) is 0 Å². The van der Waals surface area contributed by atoms with Gasteiger partial charge in [-0.2, -0.15) is 0 Å². The molecule has 2 aromatic carbocycles. The lowest BCUT2D eigenvalue weighted by molar-refractivity contribution is -0.384. The van der Waals surface area contributed by atoms with Gasteiger partial charge in [0, 0.05) is 17.0 Å². The summed E-state index contributed by atoms with van der Waals surface area (Å²) in [7, 11) is 0. The van der Waals surface area contributed by atoms with E-state index in [2.05, 4.69) is 5.48 Å². The van der Waals surface area contributed by atoms with Gasteiger partial charge in [0.2, 0.25) is 0 Å². The van der Waals surface area contributed by atoms with Gasteiger partial charge in [0.1, 0.15) is 0 Å². The van der Waals surface area contributed by atoms with E-state index in [9.17, 15) is 14.9 Å². The van der Waals surface area contributed by atoms with Crippen molar-refractivity contribution in [2.24, 2.45) is 0 Å². The van der Waals surface area contributed by atoms with Crippen LogP contribution in [0.1, 0.15) is 12.5 Å². The molecule has 1 amide bonds. The molecule has 0 fully saturated rings. The Morgan fingerprint density at radius 1 is 1.22 bits per heavy atom. The Balaban J connectivity index is 1.79. The van der Waals surface area contributed by atoms with Gasteiger partial charge in [-0.25, -0.2) is 5.48 Å². The largest absolute Gasteiger partial charge is 0.272 e. The molecule has 2 rings (SSSR count). The maximum Gasteiger partial charge on any atom is 0.269 e. The molecule has 0 bridgehead atoms. The summed E-state index contributed by atoms with van der Waals surface area (Å²) < 4.78 is 0. The van der Waals surface area contributed by atoms with E-state index in [4.69, 9.17) is 4.84 Å². The van der Waals surface area contributed by atoms with Gasteiger partial charge in [-0.1, -0.05) is 30.3 Å². The number of benzene rings is 2. The van der Waals surface area contributed by atoms with E-state index in [0.29, 0.717) is 6.61 Å². The van der Waals surface area contributed by atoms with Crippen LogP contribution in [0.15, 0.2) is 59.5 Å². The number of nitro groups is 1. The number of hydrogen-bond donors (Lipinski definition) is 1. The Bertz CT molecular complexity index is 662. The van der Waals surface area contributed by atoms with Crippen molar-refractivity contribution in [3.8, 4) is 0 Å². The first-order valence-corrected chi connectivity index (χ1v) is 7.81. The number of carbonyl (C=O) groups excluding carboxylic acids is 1. The lowest BCUT2D eigenvalue weighted by atomic mass is 10.2. The van der Waals surface area contributed by atoms with Crippen molar-refractivity contribution < 1.29 is 14.6 Å². The topological polar surface area (TPSA) is 81.5 Å². The maximum atomic E-state index is 11.9. The van der Waals surface area contributed by atoms with E-state index >= 15 is 0 Å². The van der Waals surface area contributed by atoms with Crippen LogP contribution in [-0.4, -0.2) is 16.1 Å². The second-order valence-electron chi connectivity index (χ2n) is 4.75. The van der Waals surface area contributed by atoms with Crippen molar-refractivity contribution in [2.45, 2.75) is 23.7 Å². The molecule has 0 saturated heterocycles. The molecule has 0 unspecified atom stereocenters. The van der Waals surface area contributed by atoms with Crippen LogP contribution in [0.25, 0.3) is 0 Å². The first-order valence-electron chi connectivity index (χ1n) is 6.93. The van der Waals surface area contributed by atoms with E-state index in [1.165, 1.54) is 23.9 Å². The number of non-ortho nitro benzene ring substituents is 1. The van der Waals surface area contributed by atoms with E-state index < -0.39 is 4.92 Å². The monoisotopic (exact) mass is 332 g/mol. The van der Waals surface area contributed by atoms with Crippen molar-refractivity contribution in [1.82, 2.24) is 5.48 Å². The van der Waals surface area contributed by atoms with Crippen molar-refractivity contribution in [3.05, 3.63) is 70.3 Å². The van der Waals surface area contributed by atoms with Crippen LogP contribution in [0, 0.1) is 10.1 Å². The third kappa shape index (κ3) is 5.39. The minimum absolute atomic E-state index is 0.0256. The molecule has 7 heteroatoms. The molecular weight excluding hydrogens is 316 g/mol. The van der Waals surface area contributed by atoms with Gasteiger partial charge >= 0.3 is 0 Å². The molecule has 0 radical (unpaired) electrons. The highest BCUT2D eigenvalue weighted by atomic mass is 32.2. The standard InChI is InChI=1S/C16H16N2O4S/c1-12(23-15-9-7-14(8-10-15)18(20)21)16(19)17-22-11-13-5-3-2-4-6-13/h2-10,12H,11H2,1H3,(H,17,19)/t12-/m1/s1. The molecule has 0 aliphatic carbocycles. The molecule has 6 nitrogen and oxygen atoms in total. The molecule has 23 heavy (non-hydrogen) atoms. The molecule has 2 aromatic rings. The second-order valence-corrected chi connectivity index (χ2v) is 6.17. The average molecular weight is 332 g/mol. The summed E-state index contributed by atoms with van der Waals surface area (Å²) in [4.78, 5) is 28.1.